The van der Waals surface area contributed by atoms with Crippen LogP contribution >= 0.6 is 0 Å². The van der Waals surface area contributed by atoms with Crippen LogP contribution in [0.4, 0.5) is 0 Å². The Hall–Kier alpha value is -1.42. The normalized spacial score (nSPS) is 53.2. The number of hydrogen-bond donors (Lipinski definition) is 0. The summed E-state index contributed by atoms with van der Waals surface area (Å²) in [5, 5.41) is 0. The van der Waals surface area contributed by atoms with Crippen LogP contribution in [0, 0.1) is 62.6 Å². The second-order valence-electron chi connectivity index (χ2n) is 20.6. The lowest BCUT2D eigenvalue weighted by molar-refractivity contribution is -0.163. The number of carbonyl (C=O) groups excluding carboxylic acids is 2. The van der Waals surface area contributed by atoms with Crippen molar-refractivity contribution >= 4 is 11.6 Å². The van der Waals surface area contributed by atoms with Gasteiger partial charge in [0.25, 0.3) is 0 Å². The fourth-order valence-corrected chi connectivity index (χ4v) is 15.4. The highest BCUT2D eigenvalue weighted by atomic mass is 16.5. The van der Waals surface area contributed by atoms with E-state index in [2.05, 4.69) is 54.7 Å². The van der Waals surface area contributed by atoms with Crippen LogP contribution in [0.2, 0.25) is 0 Å². The molecule has 3 heterocycles. The van der Waals surface area contributed by atoms with Crippen molar-refractivity contribution in [2.75, 3.05) is 0 Å². The first kappa shape index (κ1) is 30.6. The predicted molar refractivity (Wildman–Crippen MR) is 180 cm³/mol. The zero-order valence-electron chi connectivity index (χ0n) is 29.9. The Labute approximate surface area is 278 Å². The number of carbonyl (C=O) groups is 2. The van der Waals surface area contributed by atoms with Gasteiger partial charge in [-0.05, 0) is 132 Å². The summed E-state index contributed by atoms with van der Waals surface area (Å²) in [5.41, 5.74) is 3.62. The van der Waals surface area contributed by atoms with E-state index in [0.29, 0.717) is 82.6 Å². The Kier molecular flexibility index (Phi) is 6.27. The van der Waals surface area contributed by atoms with Gasteiger partial charge in [0.2, 0.25) is 0 Å². The average Bonchev–Trinajstić information content (AvgIpc) is 3.03. The fourth-order valence-electron chi connectivity index (χ4n) is 15.4. The maximum Gasteiger partial charge on any atom is 0.159 e. The molecule has 252 valence electrons. The molecule has 0 amide bonds. The number of rotatable bonds is 0. The number of fused-ring (bicyclic) bond motifs is 11. The zero-order valence-corrected chi connectivity index (χ0v) is 29.9. The van der Waals surface area contributed by atoms with E-state index in [-0.39, 0.29) is 17.6 Å². The van der Waals surface area contributed by atoms with E-state index in [4.69, 9.17) is 9.47 Å². The molecular weight excluding hydrogens is 568 g/mol. The molecule has 46 heavy (non-hydrogen) atoms. The highest BCUT2D eigenvalue weighted by Gasteiger charge is 2.69. The van der Waals surface area contributed by atoms with E-state index in [0.717, 1.165) is 37.7 Å². The smallest absolute Gasteiger partial charge is 0.159 e. The monoisotopic (exact) mass is 628 g/mol. The van der Waals surface area contributed by atoms with Crippen molar-refractivity contribution in [3.63, 3.8) is 0 Å². The molecule has 5 saturated carbocycles. The number of hydrogen-bond acceptors (Lipinski definition) is 4. The third-order valence-electron chi connectivity index (χ3n) is 17.1. The van der Waals surface area contributed by atoms with Gasteiger partial charge in [0, 0.05) is 32.1 Å². The van der Waals surface area contributed by atoms with Crippen molar-refractivity contribution in [1.29, 1.82) is 0 Å². The molecule has 9 rings (SSSR count). The highest BCUT2D eigenvalue weighted by molar-refractivity contribution is 5.99. The largest absolute Gasteiger partial charge is 0.495 e. The van der Waals surface area contributed by atoms with Crippen LogP contribution in [0.5, 0.6) is 0 Å². The van der Waals surface area contributed by atoms with Gasteiger partial charge in [0.05, 0.1) is 23.9 Å². The Morgan fingerprint density at radius 1 is 0.783 bits per heavy atom. The molecule has 1 spiro atoms. The van der Waals surface area contributed by atoms with Crippen LogP contribution in [-0.4, -0.2) is 29.4 Å². The lowest BCUT2D eigenvalue weighted by atomic mass is 9.40. The van der Waals surface area contributed by atoms with E-state index in [9.17, 15) is 4.79 Å². The van der Waals surface area contributed by atoms with Crippen LogP contribution in [0.3, 0.4) is 0 Å². The number of Topliss-reactive ketones (excluding diaryl/α,β-unsaturated/α-hetero) is 2. The zero-order chi connectivity index (χ0) is 32.2. The first-order chi connectivity index (χ1) is 21.6. The molecule has 0 unspecified atom stereocenters. The summed E-state index contributed by atoms with van der Waals surface area (Å²) < 4.78 is 14.1. The van der Waals surface area contributed by atoms with Gasteiger partial charge in [0.15, 0.2) is 5.78 Å². The molecule has 6 fully saturated rings. The van der Waals surface area contributed by atoms with Gasteiger partial charge in [-0.2, -0.15) is 0 Å². The summed E-state index contributed by atoms with van der Waals surface area (Å²) in [5.74, 6) is 3.56. The molecule has 0 aromatic heterocycles. The summed E-state index contributed by atoms with van der Waals surface area (Å²) >= 11 is 0. The summed E-state index contributed by atoms with van der Waals surface area (Å²) in [6.45, 7) is 17.3. The molecule has 4 nitrogen and oxygen atoms in total. The summed E-state index contributed by atoms with van der Waals surface area (Å²) in [6.07, 6.45) is 17.7. The number of ketones is 2. The molecule has 1 saturated heterocycles. The molecule has 12 atom stereocenters. The lowest BCUT2D eigenvalue weighted by Crippen LogP contribution is -2.62. The van der Waals surface area contributed by atoms with E-state index in [1.807, 2.05) is 0 Å². The second kappa shape index (κ2) is 9.42. The minimum absolute atomic E-state index is 0.0562. The van der Waals surface area contributed by atoms with Gasteiger partial charge in [-0.25, -0.2) is 0 Å². The fraction of sp³-hybridized carbons (Fsp3) is 0.857. The van der Waals surface area contributed by atoms with Gasteiger partial charge in [-0.3, -0.25) is 9.59 Å². The first-order valence-corrected chi connectivity index (χ1v) is 19.4. The molecule has 4 bridgehead atoms. The van der Waals surface area contributed by atoms with Crippen molar-refractivity contribution in [3.05, 3.63) is 23.0 Å². The Bertz CT molecular complexity index is 1450. The van der Waals surface area contributed by atoms with E-state index >= 15 is 4.79 Å². The predicted octanol–water partition coefficient (Wildman–Crippen LogP) is 9.56. The van der Waals surface area contributed by atoms with Crippen molar-refractivity contribution in [2.45, 2.75) is 163 Å². The van der Waals surface area contributed by atoms with E-state index in [1.54, 1.807) is 0 Å². The van der Waals surface area contributed by atoms with Gasteiger partial charge >= 0.3 is 0 Å². The van der Waals surface area contributed by atoms with Crippen LogP contribution in [0.1, 0.15) is 145 Å². The quantitative estimate of drug-likeness (QED) is 0.268. The summed E-state index contributed by atoms with van der Waals surface area (Å²) in [4.78, 5) is 29.7. The molecule has 0 aromatic carbocycles. The molecule has 4 heteroatoms. The van der Waals surface area contributed by atoms with Gasteiger partial charge in [0.1, 0.15) is 11.4 Å². The van der Waals surface area contributed by atoms with E-state index < -0.39 is 11.0 Å². The topological polar surface area (TPSA) is 52.6 Å². The Morgan fingerprint density at radius 2 is 1.52 bits per heavy atom. The average molecular weight is 629 g/mol. The molecule has 3 aliphatic heterocycles. The highest BCUT2D eigenvalue weighted by Crippen LogP contribution is 2.71. The number of ether oxygens (including phenoxy) is 2. The summed E-state index contributed by atoms with van der Waals surface area (Å²) in [6, 6.07) is 0. The van der Waals surface area contributed by atoms with E-state index in [1.165, 1.54) is 56.1 Å². The molecule has 6 aliphatic carbocycles. The lowest BCUT2D eigenvalue weighted by Gasteiger charge is -2.64. The van der Waals surface area contributed by atoms with Crippen LogP contribution in [-0.2, 0) is 19.1 Å². The second-order valence-corrected chi connectivity index (χ2v) is 20.6. The van der Waals surface area contributed by atoms with Crippen LogP contribution < -0.4 is 0 Å². The third-order valence-corrected chi connectivity index (χ3v) is 17.1. The Balaban J connectivity index is 1.17. The molecule has 9 aliphatic rings. The maximum absolute atomic E-state index is 15.4. The first-order valence-electron chi connectivity index (χ1n) is 19.4. The van der Waals surface area contributed by atoms with Crippen molar-refractivity contribution in [1.82, 2.24) is 0 Å². The van der Waals surface area contributed by atoms with Crippen molar-refractivity contribution in [3.8, 4) is 0 Å². The molecule has 0 N–H and O–H groups in total. The Morgan fingerprint density at radius 3 is 2.30 bits per heavy atom. The molecule has 0 aromatic rings. The van der Waals surface area contributed by atoms with Gasteiger partial charge < -0.3 is 9.47 Å². The minimum atomic E-state index is -0.692. The van der Waals surface area contributed by atoms with Crippen LogP contribution in [0.15, 0.2) is 23.0 Å². The molecular formula is C42H60O4. The van der Waals surface area contributed by atoms with Crippen LogP contribution in [0.25, 0.3) is 0 Å². The maximum atomic E-state index is 15.4. The van der Waals surface area contributed by atoms with Gasteiger partial charge in [-0.1, -0.05) is 54.4 Å². The third kappa shape index (κ3) is 3.89. The van der Waals surface area contributed by atoms with Crippen molar-refractivity contribution in [2.24, 2.45) is 62.6 Å². The minimum Gasteiger partial charge on any atom is -0.495 e. The summed E-state index contributed by atoms with van der Waals surface area (Å²) in [7, 11) is 0. The SMILES string of the molecule is CC1(C)CCC[C@@]2(C)[C@@H]1CC[C@H]1C3=CO[C@]4(C)C[C@H]5CC6=C([C@@H]7C[C@H]8C(C)(C)CCC[C@]8(C)C[C@H]7CC6=O)[C@H](O5)[C@]3(C4)C(=O)C[C@@H]12. The molecule has 0 radical (unpaired) electrons. The van der Waals surface area contributed by atoms with Crippen molar-refractivity contribution < 1.29 is 19.1 Å². The standard InChI is InChI=1S/C42H60O4/c1-37(2)13-9-15-41(7)29-19-34(44)42-23-40(6,45-22-30(42)26(29)10-11-32(37)41)21-25-17-28-31(43)16-24-20-39(5)14-8-12-38(3,4)33(39)18-27(24)35(28)36(42)46-25/h22,24-27,29,32-33,36H,8-21,23H2,1-7H3/t24-,25-,26-,27-,29+,32-,33+,36+,39-,40-,41-,42+/m1/s1. The van der Waals surface area contributed by atoms with Gasteiger partial charge in [-0.15, -0.1) is 0 Å².